The van der Waals surface area contributed by atoms with Gasteiger partial charge in [0, 0.05) is 53.0 Å². The van der Waals surface area contributed by atoms with Crippen LogP contribution in [0.4, 0.5) is 23.3 Å². The van der Waals surface area contributed by atoms with Crippen molar-refractivity contribution in [2.75, 3.05) is 22.9 Å². The maximum absolute atomic E-state index is 10.6. The predicted molar refractivity (Wildman–Crippen MR) is 136 cm³/mol. The number of aromatic nitrogens is 8. The molecule has 24 nitrogen and oxygen atoms in total. The summed E-state index contributed by atoms with van der Waals surface area (Å²) in [5.41, 5.74) is 19.5. The van der Waals surface area contributed by atoms with Gasteiger partial charge in [0.05, 0.1) is 0 Å². The largest absolute Gasteiger partial charge is 2.00 e. The predicted octanol–water partition coefficient (Wildman–Crippen LogP) is -12.1. The van der Waals surface area contributed by atoms with Crippen molar-refractivity contribution in [3.63, 3.8) is 0 Å². The first kappa shape index (κ1) is 46.9. The van der Waals surface area contributed by atoms with Gasteiger partial charge in [-0.25, -0.2) is 56.5 Å². The fourth-order valence-electron chi connectivity index (χ4n) is 1.91. The molecule has 4 aromatic rings. The average Bonchev–Trinajstić information content (AvgIpc) is 2.88. The molecule has 27 heteroatoms. The molecule has 263 valence electrons. The summed E-state index contributed by atoms with van der Waals surface area (Å²) in [4.78, 5) is 56.3. The fourth-order valence-corrected chi connectivity index (χ4v) is 1.91. The molecule has 4 heterocycles. The van der Waals surface area contributed by atoms with Crippen LogP contribution in [0.25, 0.3) is 0 Å². The topological polar surface area (TPSA) is 428 Å². The minimum atomic E-state index is -4.94. The van der Waals surface area contributed by atoms with Crippen molar-refractivity contribution in [1.82, 2.24) is 38.2 Å². The number of aryl methyl sites for hydroxylation is 4. The zero-order valence-electron chi connectivity index (χ0n) is 24.5. The van der Waals surface area contributed by atoms with E-state index in [4.69, 9.17) is 60.2 Å². The van der Waals surface area contributed by atoms with Crippen molar-refractivity contribution in [2.24, 2.45) is 28.2 Å². The van der Waals surface area contributed by atoms with E-state index in [9.17, 15) is 19.2 Å². The minimum absolute atomic E-state index is 0. The van der Waals surface area contributed by atoms with E-state index in [0.29, 0.717) is 0 Å². The Balaban J connectivity index is -0.000000501. The van der Waals surface area contributed by atoms with E-state index < -0.39 is 20.5 Å². The minimum Gasteiger partial charge on any atom is -0.383 e. The summed E-state index contributed by atoms with van der Waals surface area (Å²) in [6, 6.07) is 6.28. The average molecular weight is 758 g/mol. The van der Waals surface area contributed by atoms with Crippen LogP contribution in [0.15, 0.2) is 68.2 Å². The van der Waals surface area contributed by atoms with Crippen LogP contribution in [0, 0.1) is 20.5 Å². The Kier molecular flexibility index (Phi) is 22.0. The molecule has 8 N–H and O–H groups in total. The third-order valence-corrected chi connectivity index (χ3v) is 3.98. The smallest absolute Gasteiger partial charge is 0.383 e. The van der Waals surface area contributed by atoms with E-state index in [0.717, 1.165) is 0 Å². The van der Waals surface area contributed by atoms with Crippen LogP contribution in [0.3, 0.4) is 0 Å². The SMILES string of the molecule is Cn1ccc(N)nc1=O.Cn1ccc(N)nc1=O.Cn1ccc(N)nc1=O.Cn1ccc(N)nc1=O.[Co+2].[O-][Cl+3]([O-])([O-])[O-].[O-][Cl+3]([O-])([O-])[O-]. The number of hydrogen-bond donors (Lipinski definition) is 4. The monoisotopic (exact) mass is 757 g/mol. The first-order chi connectivity index (χ1) is 20.8. The summed E-state index contributed by atoms with van der Waals surface area (Å²) in [6.07, 6.45) is 6.30. The van der Waals surface area contributed by atoms with E-state index in [2.05, 4.69) is 19.9 Å². The zero-order valence-corrected chi connectivity index (χ0v) is 27.0. The Morgan fingerprint density at radius 3 is 0.660 bits per heavy atom. The number of rotatable bonds is 0. The number of halogens is 2. The summed E-state index contributed by atoms with van der Waals surface area (Å²) in [6.45, 7) is 0. The van der Waals surface area contributed by atoms with Crippen LogP contribution in [-0.2, 0) is 45.0 Å². The van der Waals surface area contributed by atoms with Crippen LogP contribution in [0.2, 0.25) is 0 Å². The Labute approximate surface area is 277 Å². The van der Waals surface area contributed by atoms with Gasteiger partial charge in [0.1, 0.15) is 23.3 Å². The van der Waals surface area contributed by atoms with Gasteiger partial charge in [-0.3, -0.25) is 0 Å². The maximum Gasteiger partial charge on any atom is 2.00 e. The molecule has 0 aromatic carbocycles. The maximum atomic E-state index is 10.6. The first-order valence-corrected chi connectivity index (χ1v) is 13.7. The van der Waals surface area contributed by atoms with Crippen molar-refractivity contribution in [2.45, 2.75) is 0 Å². The van der Waals surface area contributed by atoms with Gasteiger partial charge in [0.2, 0.25) is 0 Å². The molecule has 4 aromatic heterocycles. The second kappa shape index (κ2) is 22.1. The molecule has 0 aliphatic carbocycles. The van der Waals surface area contributed by atoms with Crippen LogP contribution >= 0.6 is 0 Å². The molecule has 0 amide bonds. The molecule has 0 aliphatic rings. The Bertz CT molecular complexity index is 1490. The molecule has 4 rings (SSSR count). The molecule has 0 atom stereocenters. The molecular weight excluding hydrogens is 730 g/mol. The first-order valence-electron chi connectivity index (χ1n) is 11.2. The van der Waals surface area contributed by atoms with Gasteiger partial charge < -0.3 is 41.2 Å². The van der Waals surface area contributed by atoms with Crippen LogP contribution < -0.4 is 83.0 Å². The second-order valence-corrected chi connectivity index (χ2v) is 9.25. The fraction of sp³-hybridized carbons (Fsp3) is 0.200. The summed E-state index contributed by atoms with van der Waals surface area (Å²) in [7, 11) is -3.41. The summed E-state index contributed by atoms with van der Waals surface area (Å²) in [5, 5.41) is 0. The Morgan fingerprint density at radius 2 is 0.574 bits per heavy atom. The quantitative estimate of drug-likeness (QED) is 0.129. The molecule has 0 fully saturated rings. The van der Waals surface area contributed by atoms with Crippen molar-refractivity contribution in [3.8, 4) is 0 Å². The molecule has 0 unspecified atom stereocenters. The molecule has 0 saturated carbocycles. The van der Waals surface area contributed by atoms with Gasteiger partial charge in [0.15, 0.2) is 0 Å². The van der Waals surface area contributed by atoms with Crippen LogP contribution in [-0.4, -0.2) is 38.2 Å². The van der Waals surface area contributed by atoms with Gasteiger partial charge in [0.25, 0.3) is 0 Å². The van der Waals surface area contributed by atoms with E-state index in [-0.39, 0.29) is 62.8 Å². The number of nitrogen functional groups attached to an aromatic ring is 4. The third kappa shape index (κ3) is 28.7. The van der Waals surface area contributed by atoms with Crippen LogP contribution in [0.5, 0.6) is 0 Å². The molecule has 0 bridgehead atoms. The van der Waals surface area contributed by atoms with Crippen molar-refractivity contribution < 1.29 is 74.5 Å². The normalized spacial score (nSPS) is 9.79. The molecule has 0 aliphatic heterocycles. The molecular formula is C20H28Cl2CoN12O12. The van der Waals surface area contributed by atoms with E-state index in [1.165, 1.54) is 18.3 Å². The van der Waals surface area contributed by atoms with Gasteiger partial charge in [-0.2, -0.15) is 19.9 Å². The summed E-state index contributed by atoms with van der Waals surface area (Å²) < 4.78 is 73.4. The van der Waals surface area contributed by atoms with Crippen molar-refractivity contribution >= 4 is 23.3 Å². The molecule has 0 spiro atoms. The van der Waals surface area contributed by atoms with Gasteiger partial charge in [-0.05, 0) is 24.3 Å². The van der Waals surface area contributed by atoms with Gasteiger partial charge in [-0.1, -0.05) is 0 Å². The zero-order chi connectivity index (χ0) is 36.4. The Hall–Kier alpha value is -4.51. The molecule has 47 heavy (non-hydrogen) atoms. The van der Waals surface area contributed by atoms with Gasteiger partial charge in [-0.15, -0.1) is 20.5 Å². The number of nitrogens with zero attached hydrogens (tertiary/aromatic N) is 8. The molecule has 0 saturated heterocycles. The summed E-state index contributed by atoms with van der Waals surface area (Å²) in [5.74, 6) is 1.05. The van der Waals surface area contributed by atoms with Gasteiger partial charge >= 0.3 is 39.5 Å². The summed E-state index contributed by atoms with van der Waals surface area (Å²) >= 11 is 0. The van der Waals surface area contributed by atoms with Crippen molar-refractivity contribution in [1.29, 1.82) is 0 Å². The van der Waals surface area contributed by atoms with Crippen LogP contribution in [0.1, 0.15) is 0 Å². The van der Waals surface area contributed by atoms with E-state index in [1.54, 1.807) is 77.2 Å². The number of anilines is 4. The second-order valence-electron chi connectivity index (χ2n) is 7.74. The van der Waals surface area contributed by atoms with Crippen molar-refractivity contribution in [3.05, 3.63) is 91.0 Å². The van der Waals surface area contributed by atoms with E-state index >= 15 is 0 Å². The molecule has 1 radical (unpaired) electrons. The number of nitrogens with two attached hydrogens (primary N) is 4. The third-order valence-electron chi connectivity index (χ3n) is 3.98. The number of hydrogen-bond acceptors (Lipinski definition) is 20. The Morgan fingerprint density at radius 1 is 0.447 bits per heavy atom. The standard InChI is InChI=1S/4C5H7N3O.2ClHO4.Co/c4*1-8-3-2-4(6)7-5(8)9;2*2-1(3,4)5;/h4*2-3H,1H3,(H2,6,7,9);2*(H,2,3,4,5);/q;;;;;;+2/p-2. The van der Waals surface area contributed by atoms with E-state index in [1.807, 2.05) is 0 Å².